The van der Waals surface area contributed by atoms with Gasteiger partial charge >= 0.3 is 0 Å². The van der Waals surface area contributed by atoms with E-state index in [-0.39, 0.29) is 11.8 Å². The van der Waals surface area contributed by atoms with Crippen molar-refractivity contribution < 1.29 is 4.79 Å². The van der Waals surface area contributed by atoms with Crippen molar-refractivity contribution in [3.8, 4) is 0 Å². The van der Waals surface area contributed by atoms with Crippen LogP contribution in [0, 0.1) is 5.92 Å². The number of benzene rings is 1. The molecule has 1 aliphatic rings. The van der Waals surface area contributed by atoms with Crippen molar-refractivity contribution in [3.63, 3.8) is 0 Å². The third-order valence-electron chi connectivity index (χ3n) is 3.50. The van der Waals surface area contributed by atoms with E-state index in [2.05, 4.69) is 36.4 Å². The average molecular weight is 232 g/mol. The molecule has 0 unspecified atom stereocenters. The molecule has 1 aromatic rings. The van der Waals surface area contributed by atoms with Gasteiger partial charge in [0.25, 0.3) is 0 Å². The Morgan fingerprint density at radius 3 is 2.65 bits per heavy atom. The van der Waals surface area contributed by atoms with Gasteiger partial charge in [-0.25, -0.2) is 0 Å². The van der Waals surface area contributed by atoms with Crippen molar-refractivity contribution >= 4 is 5.91 Å². The van der Waals surface area contributed by atoms with Gasteiger partial charge in [0.2, 0.25) is 5.91 Å². The van der Waals surface area contributed by atoms with Crippen LogP contribution < -0.4 is 5.32 Å². The maximum atomic E-state index is 12.0. The molecule has 1 heterocycles. The second-order valence-electron chi connectivity index (χ2n) is 4.91. The topological polar surface area (TPSA) is 32.3 Å². The number of nitrogens with zero attached hydrogens (tertiary/aromatic N) is 1. The molecule has 0 aromatic heterocycles. The van der Waals surface area contributed by atoms with Crippen LogP contribution in [0.4, 0.5) is 0 Å². The number of carbonyl (C=O) groups is 1. The smallest absolute Gasteiger partial charge is 0.225 e. The third kappa shape index (κ3) is 2.86. The molecule has 0 saturated carbocycles. The summed E-state index contributed by atoms with van der Waals surface area (Å²) in [5.41, 5.74) is 1.24. The standard InChI is InChI=1S/C14H20N2O/c1-16(2)13-8-9-15-14(17)12(13)10-11-6-4-3-5-7-11/h3-7,12-13H,8-10H2,1-2H3,(H,15,17)/t12-,13+/m1/s1. The van der Waals surface area contributed by atoms with Crippen molar-refractivity contribution in [2.45, 2.75) is 18.9 Å². The molecule has 92 valence electrons. The van der Waals surface area contributed by atoms with Crippen LogP contribution >= 0.6 is 0 Å². The molecule has 17 heavy (non-hydrogen) atoms. The Morgan fingerprint density at radius 1 is 1.29 bits per heavy atom. The SMILES string of the molecule is CN(C)[C@H]1CCNC(=O)[C@@H]1Cc1ccccc1. The Hall–Kier alpha value is -1.35. The number of rotatable bonds is 3. The lowest BCUT2D eigenvalue weighted by Gasteiger charge is -2.35. The van der Waals surface area contributed by atoms with Crippen LogP contribution in [0.3, 0.4) is 0 Å². The van der Waals surface area contributed by atoms with E-state index in [4.69, 9.17) is 0 Å². The normalized spacial score (nSPS) is 24.8. The molecule has 1 fully saturated rings. The summed E-state index contributed by atoms with van der Waals surface area (Å²) < 4.78 is 0. The van der Waals surface area contributed by atoms with Gasteiger partial charge in [-0.2, -0.15) is 0 Å². The van der Waals surface area contributed by atoms with Crippen LogP contribution in [0.1, 0.15) is 12.0 Å². The minimum atomic E-state index is 0.0705. The van der Waals surface area contributed by atoms with Gasteiger partial charge in [0, 0.05) is 12.6 Å². The molecule has 0 radical (unpaired) electrons. The maximum Gasteiger partial charge on any atom is 0.225 e. The van der Waals surface area contributed by atoms with Crippen LogP contribution in [0.25, 0.3) is 0 Å². The fourth-order valence-electron chi connectivity index (χ4n) is 2.57. The number of piperidine rings is 1. The van der Waals surface area contributed by atoms with E-state index < -0.39 is 0 Å². The first-order chi connectivity index (χ1) is 8.18. The number of amides is 1. The monoisotopic (exact) mass is 232 g/mol. The highest BCUT2D eigenvalue weighted by molar-refractivity contribution is 5.80. The maximum absolute atomic E-state index is 12.0. The molecule has 1 aromatic carbocycles. The predicted molar refractivity (Wildman–Crippen MR) is 68.7 cm³/mol. The summed E-state index contributed by atoms with van der Waals surface area (Å²) in [4.78, 5) is 14.1. The van der Waals surface area contributed by atoms with Crippen molar-refractivity contribution in [3.05, 3.63) is 35.9 Å². The predicted octanol–water partition coefficient (Wildman–Crippen LogP) is 1.30. The second-order valence-corrected chi connectivity index (χ2v) is 4.91. The highest BCUT2D eigenvalue weighted by Gasteiger charge is 2.32. The van der Waals surface area contributed by atoms with Gasteiger partial charge in [-0.3, -0.25) is 4.79 Å². The van der Waals surface area contributed by atoms with E-state index in [9.17, 15) is 4.79 Å². The molecule has 1 amide bonds. The Bertz CT molecular complexity index is 375. The Labute approximate surface area is 103 Å². The zero-order valence-electron chi connectivity index (χ0n) is 10.5. The third-order valence-corrected chi connectivity index (χ3v) is 3.50. The van der Waals surface area contributed by atoms with E-state index in [0.717, 1.165) is 19.4 Å². The van der Waals surface area contributed by atoms with Crippen molar-refractivity contribution in [1.29, 1.82) is 0 Å². The molecule has 2 atom stereocenters. The molecule has 0 spiro atoms. The highest BCUT2D eigenvalue weighted by Crippen LogP contribution is 2.21. The van der Waals surface area contributed by atoms with E-state index in [1.165, 1.54) is 5.56 Å². The summed E-state index contributed by atoms with van der Waals surface area (Å²) in [6.07, 6.45) is 1.87. The Kier molecular flexibility index (Phi) is 3.79. The minimum Gasteiger partial charge on any atom is -0.356 e. The Balaban J connectivity index is 2.12. The summed E-state index contributed by atoms with van der Waals surface area (Å²) in [6.45, 7) is 0.799. The van der Waals surface area contributed by atoms with Crippen LogP contribution in [0.2, 0.25) is 0 Å². The zero-order chi connectivity index (χ0) is 12.3. The first-order valence-electron chi connectivity index (χ1n) is 6.16. The van der Waals surface area contributed by atoms with Crippen LogP contribution in [-0.4, -0.2) is 37.5 Å². The molecule has 2 rings (SSSR count). The number of hydrogen-bond donors (Lipinski definition) is 1. The highest BCUT2D eigenvalue weighted by atomic mass is 16.2. The molecule has 1 aliphatic heterocycles. The molecule has 1 N–H and O–H groups in total. The van der Waals surface area contributed by atoms with Crippen molar-refractivity contribution in [2.24, 2.45) is 5.92 Å². The van der Waals surface area contributed by atoms with Crippen molar-refractivity contribution in [1.82, 2.24) is 10.2 Å². The summed E-state index contributed by atoms with van der Waals surface area (Å²) in [5, 5.41) is 2.97. The molecule has 3 heteroatoms. The molecule has 3 nitrogen and oxygen atoms in total. The first kappa shape index (κ1) is 12.1. The number of hydrogen-bond acceptors (Lipinski definition) is 2. The van der Waals surface area contributed by atoms with Gasteiger partial charge in [0.1, 0.15) is 0 Å². The summed E-state index contributed by atoms with van der Waals surface area (Å²) in [7, 11) is 4.11. The quantitative estimate of drug-likeness (QED) is 0.852. The van der Waals surface area contributed by atoms with Gasteiger partial charge < -0.3 is 10.2 Å². The first-order valence-corrected chi connectivity index (χ1v) is 6.16. The van der Waals surface area contributed by atoms with Gasteiger partial charge in [0.15, 0.2) is 0 Å². The molecule has 0 aliphatic carbocycles. The number of nitrogens with one attached hydrogen (secondary N) is 1. The molecule has 0 bridgehead atoms. The molecular formula is C14H20N2O. The van der Waals surface area contributed by atoms with Gasteiger partial charge in [-0.1, -0.05) is 30.3 Å². The fourth-order valence-corrected chi connectivity index (χ4v) is 2.57. The van der Waals surface area contributed by atoms with Gasteiger partial charge in [0.05, 0.1) is 5.92 Å². The van der Waals surface area contributed by atoms with E-state index >= 15 is 0 Å². The average Bonchev–Trinajstić information content (AvgIpc) is 2.33. The summed E-state index contributed by atoms with van der Waals surface area (Å²) in [5.74, 6) is 0.264. The minimum absolute atomic E-state index is 0.0705. The lowest BCUT2D eigenvalue weighted by atomic mass is 9.86. The van der Waals surface area contributed by atoms with E-state index in [1.807, 2.05) is 18.2 Å². The van der Waals surface area contributed by atoms with Crippen LogP contribution in [-0.2, 0) is 11.2 Å². The largest absolute Gasteiger partial charge is 0.356 e. The molecule has 1 saturated heterocycles. The summed E-state index contributed by atoms with van der Waals surface area (Å²) >= 11 is 0. The van der Waals surface area contributed by atoms with Crippen LogP contribution in [0.15, 0.2) is 30.3 Å². The van der Waals surface area contributed by atoms with E-state index in [0.29, 0.717) is 6.04 Å². The second kappa shape index (κ2) is 5.32. The number of carbonyl (C=O) groups excluding carboxylic acids is 1. The van der Waals surface area contributed by atoms with E-state index in [1.54, 1.807) is 0 Å². The van der Waals surface area contributed by atoms with Gasteiger partial charge in [-0.15, -0.1) is 0 Å². The fraction of sp³-hybridized carbons (Fsp3) is 0.500. The van der Waals surface area contributed by atoms with Crippen molar-refractivity contribution in [2.75, 3.05) is 20.6 Å². The van der Waals surface area contributed by atoms with Gasteiger partial charge in [-0.05, 0) is 32.5 Å². The van der Waals surface area contributed by atoms with Crippen LogP contribution in [0.5, 0.6) is 0 Å². The lowest BCUT2D eigenvalue weighted by Crippen LogP contribution is -2.51. The Morgan fingerprint density at radius 2 is 2.00 bits per heavy atom. The summed E-state index contributed by atoms with van der Waals surface area (Å²) in [6, 6.07) is 10.6. The lowest BCUT2D eigenvalue weighted by molar-refractivity contribution is -0.129. The molecular weight excluding hydrogens is 212 g/mol. The zero-order valence-corrected chi connectivity index (χ0v) is 10.5.